The number of nitrogens with one attached hydrogen (secondary N) is 2. The molecular formula is C22H34FN7O4. The van der Waals surface area contributed by atoms with Crippen molar-refractivity contribution in [2.24, 2.45) is 11.8 Å². The van der Waals surface area contributed by atoms with Crippen molar-refractivity contribution in [3.63, 3.8) is 0 Å². The maximum atomic E-state index is 15.4. The first kappa shape index (κ1) is 24.6. The summed E-state index contributed by atoms with van der Waals surface area (Å²) in [5.74, 6) is -0.884. The second-order valence-corrected chi connectivity index (χ2v) is 9.39. The fraction of sp³-hybridized carbons (Fsp3) is 0.727. The molecule has 3 N–H and O–H groups in total. The van der Waals surface area contributed by atoms with Crippen molar-refractivity contribution in [1.29, 1.82) is 0 Å². The Bertz CT molecular complexity index is 870. The molecule has 12 heteroatoms. The SMILES string of the molecule is Cc1nc(NNC(=O)C(CC2CCCC2)CN(O)C=O)c(F)c(N2CCN3CCOC[C@@H]3C2)n1. The van der Waals surface area contributed by atoms with Crippen LogP contribution in [-0.2, 0) is 14.3 Å². The predicted molar refractivity (Wildman–Crippen MR) is 122 cm³/mol. The number of hydrogen-bond acceptors (Lipinski definition) is 9. The van der Waals surface area contributed by atoms with Crippen LogP contribution < -0.4 is 15.8 Å². The monoisotopic (exact) mass is 479 g/mol. The fourth-order valence-corrected chi connectivity index (χ4v) is 5.18. The summed E-state index contributed by atoms with van der Waals surface area (Å²) in [5.41, 5.74) is 5.14. The molecule has 1 aliphatic carbocycles. The molecule has 3 aliphatic rings. The molecule has 2 atom stereocenters. The predicted octanol–water partition coefficient (Wildman–Crippen LogP) is 0.932. The van der Waals surface area contributed by atoms with Crippen molar-refractivity contribution in [3.8, 4) is 0 Å². The number of carbonyl (C=O) groups excluding carboxylic acids is 2. The van der Waals surface area contributed by atoms with Crippen LogP contribution in [0.15, 0.2) is 0 Å². The maximum absolute atomic E-state index is 15.4. The van der Waals surface area contributed by atoms with E-state index in [-0.39, 0.29) is 30.6 Å². The van der Waals surface area contributed by atoms with E-state index in [2.05, 4.69) is 25.7 Å². The van der Waals surface area contributed by atoms with Gasteiger partial charge in [-0.05, 0) is 19.3 Å². The molecule has 11 nitrogen and oxygen atoms in total. The van der Waals surface area contributed by atoms with E-state index in [1.807, 2.05) is 4.90 Å². The van der Waals surface area contributed by atoms with Gasteiger partial charge in [0.25, 0.3) is 0 Å². The number of ether oxygens (including phenoxy) is 1. The molecule has 188 valence electrons. The van der Waals surface area contributed by atoms with Gasteiger partial charge < -0.3 is 9.64 Å². The van der Waals surface area contributed by atoms with Gasteiger partial charge in [0, 0.05) is 26.2 Å². The number of morpholine rings is 1. The molecular weight excluding hydrogens is 445 g/mol. The van der Waals surface area contributed by atoms with Gasteiger partial charge in [-0.3, -0.25) is 30.5 Å². The third-order valence-corrected chi connectivity index (χ3v) is 6.98. The highest BCUT2D eigenvalue weighted by Gasteiger charge is 2.32. The Morgan fingerprint density at radius 2 is 2.12 bits per heavy atom. The van der Waals surface area contributed by atoms with E-state index in [1.165, 1.54) is 0 Å². The van der Waals surface area contributed by atoms with Crippen LogP contribution in [0.4, 0.5) is 16.0 Å². The van der Waals surface area contributed by atoms with Crippen molar-refractivity contribution in [2.75, 3.05) is 56.3 Å². The lowest BCUT2D eigenvalue weighted by Crippen LogP contribution is -2.58. The minimum Gasteiger partial charge on any atom is -0.378 e. The molecule has 3 fully saturated rings. The topological polar surface area (TPSA) is 123 Å². The molecule has 0 radical (unpaired) electrons. The van der Waals surface area contributed by atoms with Gasteiger partial charge in [0.15, 0.2) is 11.6 Å². The summed E-state index contributed by atoms with van der Waals surface area (Å²) in [6.45, 7) is 5.78. The van der Waals surface area contributed by atoms with Crippen molar-refractivity contribution in [3.05, 3.63) is 11.6 Å². The molecule has 0 spiro atoms. The van der Waals surface area contributed by atoms with E-state index in [0.29, 0.717) is 49.5 Å². The lowest BCUT2D eigenvalue weighted by Gasteiger charge is -2.44. The van der Waals surface area contributed by atoms with Gasteiger partial charge in [0.2, 0.25) is 18.1 Å². The van der Waals surface area contributed by atoms with E-state index < -0.39 is 17.6 Å². The zero-order chi connectivity index (χ0) is 24.1. The Balaban J connectivity index is 1.42. The third kappa shape index (κ3) is 5.91. The summed E-state index contributed by atoms with van der Waals surface area (Å²) < 4.78 is 21.0. The second-order valence-electron chi connectivity index (χ2n) is 9.39. The van der Waals surface area contributed by atoms with Gasteiger partial charge >= 0.3 is 0 Å². The molecule has 1 aromatic rings. The number of aryl methyl sites for hydroxylation is 1. The Hall–Kier alpha value is -2.57. The zero-order valence-corrected chi connectivity index (χ0v) is 19.6. The van der Waals surface area contributed by atoms with E-state index >= 15 is 4.39 Å². The standard InChI is InChI=1S/C22H34FN7O4/c1-15-24-20(19(23)21(25-15)29-7-6-28-8-9-34-13-18(28)12-29)26-27-22(32)17(11-30(33)14-31)10-16-4-2-3-5-16/h14,16-18,33H,2-13H2,1H3,(H,27,32)(H,24,25,26)/t17?,18-/m0/s1. The highest BCUT2D eigenvalue weighted by atomic mass is 19.1. The minimum atomic E-state index is -0.639. The van der Waals surface area contributed by atoms with Gasteiger partial charge in [0.05, 0.1) is 31.7 Å². The lowest BCUT2D eigenvalue weighted by atomic mass is 9.92. The van der Waals surface area contributed by atoms with Crippen LogP contribution in [0.25, 0.3) is 0 Å². The molecule has 34 heavy (non-hydrogen) atoms. The molecule has 0 bridgehead atoms. The first-order chi connectivity index (χ1) is 16.4. The van der Waals surface area contributed by atoms with E-state index in [4.69, 9.17) is 4.74 Å². The van der Waals surface area contributed by atoms with Crippen LogP contribution in [0.2, 0.25) is 0 Å². The number of nitrogens with zero attached hydrogens (tertiary/aromatic N) is 5. The summed E-state index contributed by atoms with van der Waals surface area (Å²) in [6.07, 6.45) is 5.09. The molecule has 2 amide bonds. The van der Waals surface area contributed by atoms with E-state index in [9.17, 15) is 14.8 Å². The fourth-order valence-electron chi connectivity index (χ4n) is 5.18. The summed E-state index contributed by atoms with van der Waals surface area (Å²) in [5, 5.41) is 10.1. The summed E-state index contributed by atoms with van der Waals surface area (Å²) in [7, 11) is 0. The Kier molecular flexibility index (Phi) is 8.11. The number of rotatable bonds is 9. The summed E-state index contributed by atoms with van der Waals surface area (Å²) >= 11 is 0. The van der Waals surface area contributed by atoms with Crippen molar-refractivity contribution in [1.82, 2.24) is 25.4 Å². The molecule has 3 heterocycles. The largest absolute Gasteiger partial charge is 0.378 e. The minimum absolute atomic E-state index is 0.117. The Morgan fingerprint density at radius 1 is 1.32 bits per heavy atom. The normalized spacial score (nSPS) is 22.2. The number of aromatic nitrogens is 2. The number of amides is 2. The average molecular weight is 480 g/mol. The van der Waals surface area contributed by atoms with Crippen LogP contribution in [0.5, 0.6) is 0 Å². The van der Waals surface area contributed by atoms with Crippen LogP contribution in [-0.4, -0.2) is 89.4 Å². The van der Waals surface area contributed by atoms with Crippen LogP contribution >= 0.6 is 0 Å². The Labute approximate surface area is 198 Å². The number of hydrogen-bond donors (Lipinski definition) is 3. The van der Waals surface area contributed by atoms with E-state index in [0.717, 1.165) is 38.8 Å². The molecule has 1 unspecified atom stereocenters. The smallest absolute Gasteiger partial charge is 0.243 e. The third-order valence-electron chi connectivity index (χ3n) is 6.98. The maximum Gasteiger partial charge on any atom is 0.243 e. The first-order valence-corrected chi connectivity index (χ1v) is 12.0. The van der Waals surface area contributed by atoms with Gasteiger partial charge in [0.1, 0.15) is 5.82 Å². The molecule has 1 aromatic heterocycles. The van der Waals surface area contributed by atoms with Crippen LogP contribution in [0.1, 0.15) is 37.9 Å². The molecule has 2 saturated heterocycles. The number of carbonyl (C=O) groups is 2. The van der Waals surface area contributed by atoms with Gasteiger partial charge in [-0.2, -0.15) is 4.39 Å². The zero-order valence-electron chi connectivity index (χ0n) is 19.6. The quantitative estimate of drug-likeness (QED) is 0.270. The first-order valence-electron chi connectivity index (χ1n) is 12.0. The number of hydrazine groups is 1. The molecule has 0 aromatic carbocycles. The summed E-state index contributed by atoms with van der Waals surface area (Å²) in [6, 6.07) is 0.184. The van der Waals surface area contributed by atoms with Gasteiger partial charge in [-0.1, -0.05) is 25.7 Å². The molecule has 4 rings (SSSR count). The summed E-state index contributed by atoms with van der Waals surface area (Å²) in [4.78, 5) is 36.5. The highest BCUT2D eigenvalue weighted by Crippen LogP contribution is 2.31. The van der Waals surface area contributed by atoms with Gasteiger partial charge in [-0.25, -0.2) is 15.0 Å². The lowest BCUT2D eigenvalue weighted by molar-refractivity contribution is -0.154. The van der Waals surface area contributed by atoms with Crippen molar-refractivity contribution < 1.29 is 23.9 Å². The van der Waals surface area contributed by atoms with Gasteiger partial charge in [-0.15, -0.1) is 0 Å². The average Bonchev–Trinajstić information content (AvgIpc) is 3.36. The second kappa shape index (κ2) is 11.2. The molecule has 1 saturated carbocycles. The van der Waals surface area contributed by atoms with Crippen LogP contribution in [0.3, 0.4) is 0 Å². The number of piperazine rings is 1. The number of anilines is 2. The number of fused-ring (bicyclic) bond motifs is 1. The number of halogens is 1. The highest BCUT2D eigenvalue weighted by molar-refractivity contribution is 5.80. The molecule has 2 aliphatic heterocycles. The Morgan fingerprint density at radius 3 is 2.88 bits per heavy atom. The van der Waals surface area contributed by atoms with Crippen LogP contribution in [0, 0.1) is 24.6 Å². The van der Waals surface area contributed by atoms with Crippen molar-refractivity contribution >= 4 is 24.0 Å². The number of hydroxylamine groups is 2. The van der Waals surface area contributed by atoms with E-state index in [1.54, 1.807) is 6.92 Å². The van der Waals surface area contributed by atoms with Crippen molar-refractivity contribution in [2.45, 2.75) is 45.1 Å².